The van der Waals surface area contributed by atoms with Crippen LogP contribution in [0.25, 0.3) is 0 Å². The number of nitrogens with two attached hydrogens (primary N) is 1. The van der Waals surface area contributed by atoms with Crippen molar-refractivity contribution in [2.75, 3.05) is 45.9 Å². The van der Waals surface area contributed by atoms with Gasteiger partial charge in [0.2, 0.25) is 5.91 Å². The Bertz CT molecular complexity index is 349. The molecule has 0 aromatic rings. The van der Waals surface area contributed by atoms with Crippen molar-refractivity contribution in [2.24, 2.45) is 17.6 Å². The molecule has 0 aromatic heterocycles. The minimum absolute atomic E-state index is 0.184. The minimum Gasteiger partial charge on any atom is -0.381 e. The number of ether oxygens (including phenoxy) is 1. The number of hydrogen-bond donors (Lipinski definition) is 1. The van der Waals surface area contributed by atoms with Gasteiger partial charge >= 0.3 is 0 Å². The van der Waals surface area contributed by atoms with Gasteiger partial charge in [-0.05, 0) is 31.6 Å². The van der Waals surface area contributed by atoms with E-state index in [0.717, 1.165) is 71.6 Å². The number of carbonyl (C=O) groups excluding carboxylic acids is 1. The molecule has 21 heavy (non-hydrogen) atoms. The SMILES string of the molecule is NC1CCCC(C(=O)N2CCN(CC3CCOC3)CC2)C1. The minimum atomic E-state index is 0.184. The second-order valence-corrected chi connectivity index (χ2v) is 6.98. The molecule has 2 saturated heterocycles. The van der Waals surface area contributed by atoms with E-state index < -0.39 is 0 Å². The topological polar surface area (TPSA) is 58.8 Å². The summed E-state index contributed by atoms with van der Waals surface area (Å²) in [5, 5.41) is 0. The zero-order valence-corrected chi connectivity index (χ0v) is 13.0. The first-order valence-corrected chi connectivity index (χ1v) is 8.57. The molecule has 0 bridgehead atoms. The maximum absolute atomic E-state index is 12.6. The van der Waals surface area contributed by atoms with Gasteiger partial charge in [-0.3, -0.25) is 9.69 Å². The zero-order valence-electron chi connectivity index (χ0n) is 13.0. The lowest BCUT2D eigenvalue weighted by Crippen LogP contribution is -2.52. The van der Waals surface area contributed by atoms with Crippen molar-refractivity contribution in [2.45, 2.75) is 38.1 Å². The smallest absolute Gasteiger partial charge is 0.225 e. The van der Waals surface area contributed by atoms with Gasteiger partial charge < -0.3 is 15.4 Å². The highest BCUT2D eigenvalue weighted by atomic mass is 16.5. The third kappa shape index (κ3) is 3.96. The van der Waals surface area contributed by atoms with Crippen LogP contribution >= 0.6 is 0 Å². The van der Waals surface area contributed by atoms with Crippen molar-refractivity contribution >= 4 is 5.91 Å². The fraction of sp³-hybridized carbons (Fsp3) is 0.938. The first kappa shape index (κ1) is 15.3. The standard InChI is InChI=1S/C16H29N3O2/c17-15-3-1-2-14(10-15)16(20)19-7-5-18(6-8-19)11-13-4-9-21-12-13/h13-15H,1-12,17H2. The quantitative estimate of drug-likeness (QED) is 0.832. The molecule has 0 spiro atoms. The molecule has 120 valence electrons. The van der Waals surface area contributed by atoms with E-state index in [1.165, 1.54) is 6.42 Å². The normalized spacial score (nSPS) is 35.1. The predicted octanol–water partition coefficient (Wildman–Crippen LogP) is 0.685. The van der Waals surface area contributed by atoms with Gasteiger partial charge in [-0.15, -0.1) is 0 Å². The second-order valence-electron chi connectivity index (χ2n) is 6.98. The summed E-state index contributed by atoms with van der Waals surface area (Å²) in [4.78, 5) is 17.2. The van der Waals surface area contributed by atoms with Gasteiger partial charge in [0.25, 0.3) is 0 Å². The highest BCUT2D eigenvalue weighted by molar-refractivity contribution is 5.79. The lowest BCUT2D eigenvalue weighted by Gasteiger charge is -2.38. The summed E-state index contributed by atoms with van der Waals surface area (Å²) in [5.41, 5.74) is 6.02. The van der Waals surface area contributed by atoms with Crippen molar-refractivity contribution in [3.05, 3.63) is 0 Å². The van der Waals surface area contributed by atoms with Crippen molar-refractivity contribution in [1.29, 1.82) is 0 Å². The summed E-state index contributed by atoms with van der Waals surface area (Å²) in [7, 11) is 0. The summed E-state index contributed by atoms with van der Waals surface area (Å²) in [6.07, 6.45) is 5.31. The van der Waals surface area contributed by atoms with Gasteiger partial charge in [-0.2, -0.15) is 0 Å². The monoisotopic (exact) mass is 295 g/mol. The van der Waals surface area contributed by atoms with Gasteiger partial charge in [0.15, 0.2) is 0 Å². The third-order valence-corrected chi connectivity index (χ3v) is 5.29. The number of rotatable bonds is 3. The molecule has 3 unspecified atom stereocenters. The van der Waals surface area contributed by atoms with Gasteiger partial charge in [0, 0.05) is 51.3 Å². The Balaban J connectivity index is 1.43. The first-order chi connectivity index (χ1) is 10.2. The summed E-state index contributed by atoms with van der Waals surface area (Å²) < 4.78 is 5.44. The number of amides is 1. The molecule has 3 fully saturated rings. The average Bonchev–Trinajstić information content (AvgIpc) is 3.00. The summed E-state index contributed by atoms with van der Waals surface area (Å²) >= 11 is 0. The van der Waals surface area contributed by atoms with Crippen LogP contribution in [0.4, 0.5) is 0 Å². The molecule has 1 saturated carbocycles. The molecule has 1 amide bonds. The van der Waals surface area contributed by atoms with E-state index in [9.17, 15) is 4.79 Å². The molecule has 2 N–H and O–H groups in total. The van der Waals surface area contributed by atoms with E-state index in [1.54, 1.807) is 0 Å². The Kier molecular flexibility index (Phi) is 5.14. The third-order valence-electron chi connectivity index (χ3n) is 5.29. The van der Waals surface area contributed by atoms with Crippen LogP contribution in [-0.4, -0.2) is 67.7 Å². The number of hydrogen-bond acceptors (Lipinski definition) is 4. The molecular weight excluding hydrogens is 266 g/mol. The van der Waals surface area contributed by atoms with Crippen molar-refractivity contribution in [1.82, 2.24) is 9.80 Å². The van der Waals surface area contributed by atoms with E-state index in [-0.39, 0.29) is 12.0 Å². The molecule has 3 atom stereocenters. The highest BCUT2D eigenvalue weighted by Crippen LogP contribution is 2.25. The predicted molar refractivity (Wildman–Crippen MR) is 81.9 cm³/mol. The van der Waals surface area contributed by atoms with Crippen LogP contribution in [0.15, 0.2) is 0 Å². The lowest BCUT2D eigenvalue weighted by atomic mass is 9.85. The van der Waals surface area contributed by atoms with Crippen LogP contribution in [0.1, 0.15) is 32.1 Å². The first-order valence-electron chi connectivity index (χ1n) is 8.57. The van der Waals surface area contributed by atoms with Gasteiger partial charge in [-0.25, -0.2) is 0 Å². The van der Waals surface area contributed by atoms with E-state index in [0.29, 0.717) is 11.8 Å². The van der Waals surface area contributed by atoms with Gasteiger partial charge in [-0.1, -0.05) is 6.42 Å². The summed E-state index contributed by atoms with van der Waals surface area (Å²) in [6, 6.07) is 0.233. The lowest BCUT2D eigenvalue weighted by molar-refractivity contribution is -0.138. The molecule has 5 nitrogen and oxygen atoms in total. The van der Waals surface area contributed by atoms with Gasteiger partial charge in [0.1, 0.15) is 0 Å². The fourth-order valence-electron chi connectivity index (χ4n) is 3.95. The molecule has 2 aliphatic heterocycles. The molecule has 1 aliphatic carbocycles. The molecular formula is C16H29N3O2. The van der Waals surface area contributed by atoms with Crippen molar-refractivity contribution in [3.63, 3.8) is 0 Å². The Morgan fingerprint density at radius 1 is 1.14 bits per heavy atom. The zero-order chi connectivity index (χ0) is 14.7. The van der Waals surface area contributed by atoms with E-state index >= 15 is 0 Å². The average molecular weight is 295 g/mol. The van der Waals surface area contributed by atoms with Crippen LogP contribution < -0.4 is 5.73 Å². The molecule has 0 aromatic carbocycles. The van der Waals surface area contributed by atoms with Crippen molar-refractivity contribution in [3.8, 4) is 0 Å². The molecule has 5 heteroatoms. The van der Waals surface area contributed by atoms with Crippen LogP contribution in [0.2, 0.25) is 0 Å². The van der Waals surface area contributed by atoms with Crippen molar-refractivity contribution < 1.29 is 9.53 Å². The largest absolute Gasteiger partial charge is 0.381 e. The Labute approximate surface area is 127 Å². The van der Waals surface area contributed by atoms with Crippen LogP contribution in [0.3, 0.4) is 0 Å². The number of nitrogens with zero attached hydrogens (tertiary/aromatic N) is 2. The number of carbonyl (C=O) groups is 1. The highest BCUT2D eigenvalue weighted by Gasteiger charge is 2.31. The fourth-order valence-corrected chi connectivity index (χ4v) is 3.95. The Morgan fingerprint density at radius 2 is 1.95 bits per heavy atom. The molecule has 0 radical (unpaired) electrons. The van der Waals surface area contributed by atoms with E-state index in [4.69, 9.17) is 10.5 Å². The van der Waals surface area contributed by atoms with Crippen LogP contribution in [0, 0.1) is 11.8 Å². The second kappa shape index (κ2) is 7.07. The number of piperazine rings is 1. The van der Waals surface area contributed by atoms with E-state index in [1.807, 2.05) is 0 Å². The molecule has 3 rings (SSSR count). The van der Waals surface area contributed by atoms with Crippen LogP contribution in [-0.2, 0) is 9.53 Å². The Hall–Kier alpha value is -0.650. The Morgan fingerprint density at radius 3 is 2.62 bits per heavy atom. The maximum Gasteiger partial charge on any atom is 0.225 e. The summed E-state index contributed by atoms with van der Waals surface area (Å²) in [6.45, 7) is 6.78. The molecule has 3 aliphatic rings. The maximum atomic E-state index is 12.6. The van der Waals surface area contributed by atoms with E-state index in [2.05, 4.69) is 9.80 Å². The summed E-state index contributed by atoms with van der Waals surface area (Å²) in [5.74, 6) is 1.24. The van der Waals surface area contributed by atoms with Gasteiger partial charge in [0.05, 0.1) is 6.61 Å². The molecule has 2 heterocycles. The van der Waals surface area contributed by atoms with Crippen LogP contribution in [0.5, 0.6) is 0 Å².